The highest BCUT2D eigenvalue weighted by molar-refractivity contribution is 6.02. The Labute approximate surface area is 178 Å². The van der Waals surface area contributed by atoms with E-state index in [4.69, 9.17) is 9.90 Å². The summed E-state index contributed by atoms with van der Waals surface area (Å²) in [5, 5.41) is 19.8. The molecule has 1 amide bonds. The second-order valence-electron chi connectivity index (χ2n) is 8.35. The molecule has 10 heteroatoms. The topological polar surface area (TPSA) is 107 Å². The van der Waals surface area contributed by atoms with Crippen LogP contribution < -0.4 is 5.32 Å². The molecule has 31 heavy (non-hydrogen) atoms. The Bertz CT molecular complexity index is 827. The minimum Gasteiger partial charge on any atom is -0.480 e. The number of carbonyl (C=O) groups is 3. The van der Waals surface area contributed by atoms with Gasteiger partial charge < -0.3 is 20.4 Å². The zero-order chi connectivity index (χ0) is 23.4. The highest BCUT2D eigenvalue weighted by atomic mass is 19.4. The van der Waals surface area contributed by atoms with Crippen LogP contribution in [0.5, 0.6) is 0 Å². The van der Waals surface area contributed by atoms with Crippen LogP contribution in [0.3, 0.4) is 0 Å². The number of hydrogen-bond acceptors (Lipinski definition) is 4. The van der Waals surface area contributed by atoms with Gasteiger partial charge in [0.1, 0.15) is 5.41 Å². The van der Waals surface area contributed by atoms with Crippen LogP contribution in [0.1, 0.15) is 36.8 Å². The smallest absolute Gasteiger partial charge is 0.480 e. The Morgan fingerprint density at radius 1 is 1.13 bits per heavy atom. The van der Waals surface area contributed by atoms with E-state index in [-0.39, 0.29) is 11.8 Å². The predicted octanol–water partition coefficient (Wildman–Crippen LogP) is 2.89. The number of benzene rings is 1. The van der Waals surface area contributed by atoms with E-state index < -0.39 is 23.5 Å². The maximum Gasteiger partial charge on any atom is 0.490 e. The zero-order valence-electron chi connectivity index (χ0n) is 17.4. The van der Waals surface area contributed by atoms with Gasteiger partial charge in [-0.1, -0.05) is 30.7 Å². The number of rotatable bonds is 6. The van der Waals surface area contributed by atoms with Gasteiger partial charge in [0.25, 0.3) is 0 Å². The first kappa shape index (κ1) is 24.6. The molecule has 2 aliphatic carbocycles. The van der Waals surface area contributed by atoms with Crippen LogP contribution in [0.4, 0.5) is 13.2 Å². The van der Waals surface area contributed by atoms with Crippen LogP contribution in [0.25, 0.3) is 0 Å². The van der Waals surface area contributed by atoms with Crippen LogP contribution in [0.15, 0.2) is 24.3 Å². The van der Waals surface area contributed by atoms with Gasteiger partial charge in [0.05, 0.1) is 0 Å². The summed E-state index contributed by atoms with van der Waals surface area (Å²) in [5.41, 5.74) is 0.989. The number of halogens is 3. The molecule has 0 aromatic heterocycles. The van der Waals surface area contributed by atoms with Gasteiger partial charge in [-0.2, -0.15) is 13.2 Å². The minimum absolute atomic E-state index is 0.00276. The molecule has 0 saturated heterocycles. The summed E-state index contributed by atoms with van der Waals surface area (Å²) < 4.78 is 31.7. The van der Waals surface area contributed by atoms with E-state index in [1.54, 1.807) is 0 Å². The molecule has 2 saturated carbocycles. The molecule has 1 aromatic rings. The number of carboxylic acid groups (broad SMARTS) is 2. The number of carboxylic acids is 2. The standard InChI is InChI=1S/C19H26N2O3.C2HF3O2/c1-21(2)12-15-6-4-3-5-14(15)11-20-17(22)19(18(23)24)10-13-7-8-16(19)9-13;3-2(4,5)1(6)7/h3-6,13,16H,7-12H2,1-2H3,(H,20,22)(H,23,24);(H,6,7). The molecule has 1 aromatic carbocycles. The Morgan fingerprint density at radius 3 is 2.13 bits per heavy atom. The lowest BCUT2D eigenvalue weighted by atomic mass is 9.72. The summed E-state index contributed by atoms with van der Waals surface area (Å²) in [6.45, 7) is 1.18. The average Bonchev–Trinajstić information content (AvgIpc) is 3.28. The third kappa shape index (κ3) is 5.75. The maximum absolute atomic E-state index is 12.8. The van der Waals surface area contributed by atoms with Crippen molar-refractivity contribution in [2.24, 2.45) is 17.3 Å². The quantitative estimate of drug-likeness (QED) is 0.583. The first-order chi connectivity index (χ1) is 14.4. The summed E-state index contributed by atoms with van der Waals surface area (Å²) in [7, 11) is 4.01. The average molecular weight is 444 g/mol. The molecule has 0 radical (unpaired) electrons. The van der Waals surface area contributed by atoms with E-state index in [1.165, 1.54) is 0 Å². The van der Waals surface area contributed by atoms with E-state index in [0.29, 0.717) is 18.9 Å². The third-order valence-electron chi connectivity index (χ3n) is 5.92. The van der Waals surface area contributed by atoms with Gasteiger partial charge >= 0.3 is 18.1 Å². The third-order valence-corrected chi connectivity index (χ3v) is 5.92. The first-order valence-electron chi connectivity index (χ1n) is 9.91. The monoisotopic (exact) mass is 444 g/mol. The van der Waals surface area contributed by atoms with E-state index in [0.717, 1.165) is 36.9 Å². The Kier molecular flexibility index (Phi) is 7.69. The van der Waals surface area contributed by atoms with E-state index >= 15 is 0 Å². The first-order valence-corrected chi connectivity index (χ1v) is 9.91. The predicted molar refractivity (Wildman–Crippen MR) is 105 cm³/mol. The summed E-state index contributed by atoms with van der Waals surface area (Å²) in [6.07, 6.45) is -1.77. The van der Waals surface area contributed by atoms with Gasteiger partial charge in [-0.15, -0.1) is 0 Å². The second-order valence-corrected chi connectivity index (χ2v) is 8.35. The van der Waals surface area contributed by atoms with Crippen molar-refractivity contribution in [1.29, 1.82) is 0 Å². The molecule has 2 bridgehead atoms. The Balaban J connectivity index is 0.000000423. The molecule has 3 unspecified atom stereocenters. The lowest BCUT2D eigenvalue weighted by Gasteiger charge is -2.32. The lowest BCUT2D eigenvalue weighted by molar-refractivity contribution is -0.192. The van der Waals surface area contributed by atoms with Crippen molar-refractivity contribution in [1.82, 2.24) is 10.2 Å². The number of hydrogen-bond donors (Lipinski definition) is 3. The molecule has 2 aliphatic rings. The number of aliphatic carboxylic acids is 2. The molecule has 3 rings (SSSR count). The zero-order valence-corrected chi connectivity index (χ0v) is 17.4. The molecule has 0 aliphatic heterocycles. The van der Waals surface area contributed by atoms with Gasteiger partial charge in [0.2, 0.25) is 5.91 Å². The largest absolute Gasteiger partial charge is 0.490 e. The molecule has 7 nitrogen and oxygen atoms in total. The molecular weight excluding hydrogens is 417 g/mol. The van der Waals surface area contributed by atoms with Crippen LogP contribution >= 0.6 is 0 Å². The van der Waals surface area contributed by atoms with Crippen LogP contribution in [-0.2, 0) is 27.5 Å². The summed E-state index contributed by atoms with van der Waals surface area (Å²) >= 11 is 0. The van der Waals surface area contributed by atoms with Crippen molar-refractivity contribution in [2.75, 3.05) is 14.1 Å². The summed E-state index contributed by atoms with van der Waals surface area (Å²) in [6, 6.07) is 7.98. The lowest BCUT2D eigenvalue weighted by Crippen LogP contribution is -2.49. The molecule has 3 atom stereocenters. The number of fused-ring (bicyclic) bond motifs is 2. The van der Waals surface area contributed by atoms with E-state index in [9.17, 15) is 27.9 Å². The molecule has 3 N–H and O–H groups in total. The van der Waals surface area contributed by atoms with E-state index in [2.05, 4.69) is 10.2 Å². The number of carbonyl (C=O) groups excluding carboxylic acids is 1. The van der Waals surface area contributed by atoms with E-state index in [1.807, 2.05) is 38.4 Å². The fourth-order valence-corrected chi connectivity index (χ4v) is 4.53. The molecule has 0 spiro atoms. The number of nitrogens with zero attached hydrogens (tertiary/aromatic N) is 1. The van der Waals surface area contributed by atoms with Crippen LogP contribution in [-0.4, -0.2) is 53.2 Å². The van der Waals surface area contributed by atoms with Gasteiger partial charge in [0, 0.05) is 13.1 Å². The number of amides is 1. The second kappa shape index (κ2) is 9.67. The molecule has 0 heterocycles. The Hall–Kier alpha value is -2.62. The molecule has 172 valence electrons. The van der Waals surface area contributed by atoms with Crippen LogP contribution in [0, 0.1) is 17.3 Å². The van der Waals surface area contributed by atoms with Crippen molar-refractivity contribution in [2.45, 2.75) is 44.9 Å². The maximum atomic E-state index is 12.8. The van der Waals surface area contributed by atoms with Crippen molar-refractivity contribution in [3.8, 4) is 0 Å². The SMILES string of the molecule is CN(C)Cc1ccccc1CNC(=O)C1(C(=O)O)CC2CCC1C2.O=C(O)C(F)(F)F. The van der Waals surface area contributed by atoms with Gasteiger partial charge in [-0.3, -0.25) is 9.59 Å². The van der Waals surface area contributed by atoms with Crippen molar-refractivity contribution in [3.05, 3.63) is 35.4 Å². The van der Waals surface area contributed by atoms with Gasteiger partial charge in [-0.05, 0) is 56.3 Å². The molecule has 2 fully saturated rings. The normalized spacial score (nSPS) is 24.5. The van der Waals surface area contributed by atoms with Gasteiger partial charge in [0.15, 0.2) is 0 Å². The number of nitrogens with one attached hydrogen (secondary N) is 1. The van der Waals surface area contributed by atoms with Crippen molar-refractivity contribution >= 4 is 17.8 Å². The highest BCUT2D eigenvalue weighted by Crippen LogP contribution is 2.56. The fourth-order valence-electron chi connectivity index (χ4n) is 4.53. The number of alkyl halides is 3. The minimum atomic E-state index is -5.08. The summed E-state index contributed by atoms with van der Waals surface area (Å²) in [5.74, 6) is -3.61. The van der Waals surface area contributed by atoms with Crippen LogP contribution in [0.2, 0.25) is 0 Å². The van der Waals surface area contributed by atoms with Crippen molar-refractivity contribution in [3.63, 3.8) is 0 Å². The molecular formula is C21H27F3N2O5. The van der Waals surface area contributed by atoms with Gasteiger partial charge in [-0.25, -0.2) is 4.79 Å². The summed E-state index contributed by atoms with van der Waals surface area (Å²) in [4.78, 5) is 35.7. The van der Waals surface area contributed by atoms with Crippen molar-refractivity contribution < 1.29 is 37.8 Å². The fraction of sp³-hybridized carbons (Fsp3) is 0.571. The Morgan fingerprint density at radius 2 is 1.71 bits per heavy atom. The highest BCUT2D eigenvalue weighted by Gasteiger charge is 2.60.